The van der Waals surface area contributed by atoms with Gasteiger partial charge in [-0.2, -0.15) is 0 Å². The molecule has 0 fully saturated rings. The van der Waals surface area contributed by atoms with Gasteiger partial charge in [0.05, 0.1) is 4.83 Å². The van der Waals surface area contributed by atoms with E-state index in [9.17, 15) is 8.78 Å². The summed E-state index contributed by atoms with van der Waals surface area (Å²) in [5, 5.41) is 0. The molecule has 106 valence electrons. The molecule has 0 aliphatic heterocycles. The summed E-state index contributed by atoms with van der Waals surface area (Å²) in [5.74, 6) is -1.05. The SMILES string of the molecule is Cc1cc(C(Br)c2cc(C)c(Br)cc2C)c(F)cc1F. The van der Waals surface area contributed by atoms with Gasteiger partial charge in [-0.05, 0) is 55.2 Å². The molecule has 0 aromatic heterocycles. The molecule has 1 unspecified atom stereocenters. The van der Waals surface area contributed by atoms with E-state index in [0.717, 1.165) is 27.2 Å². The zero-order valence-corrected chi connectivity index (χ0v) is 14.6. The second-order valence-corrected chi connectivity index (χ2v) is 6.71. The summed E-state index contributed by atoms with van der Waals surface area (Å²) in [6.45, 7) is 5.60. The Morgan fingerprint density at radius 1 is 0.800 bits per heavy atom. The van der Waals surface area contributed by atoms with Crippen molar-refractivity contribution in [3.05, 3.63) is 68.2 Å². The third kappa shape index (κ3) is 2.96. The minimum absolute atomic E-state index is 0.298. The lowest BCUT2D eigenvalue weighted by atomic mass is 9.97. The number of hydrogen-bond donors (Lipinski definition) is 0. The maximum atomic E-state index is 14.0. The van der Waals surface area contributed by atoms with Crippen LogP contribution in [0.25, 0.3) is 0 Å². The Morgan fingerprint density at radius 3 is 2.05 bits per heavy atom. The maximum absolute atomic E-state index is 14.0. The molecule has 0 spiro atoms. The molecule has 0 heterocycles. The quantitative estimate of drug-likeness (QED) is 0.528. The smallest absolute Gasteiger partial charge is 0.130 e. The van der Waals surface area contributed by atoms with Crippen molar-refractivity contribution in [2.24, 2.45) is 0 Å². The maximum Gasteiger partial charge on any atom is 0.130 e. The van der Waals surface area contributed by atoms with Crippen molar-refractivity contribution < 1.29 is 8.78 Å². The van der Waals surface area contributed by atoms with E-state index in [4.69, 9.17) is 0 Å². The van der Waals surface area contributed by atoms with Gasteiger partial charge in [0, 0.05) is 16.1 Å². The molecule has 0 aliphatic rings. The molecule has 0 N–H and O–H groups in total. The fourth-order valence-corrected chi connectivity index (χ4v) is 3.42. The van der Waals surface area contributed by atoms with Crippen LogP contribution in [0.3, 0.4) is 0 Å². The molecule has 0 aliphatic carbocycles. The first-order valence-electron chi connectivity index (χ1n) is 6.17. The van der Waals surface area contributed by atoms with E-state index in [1.54, 1.807) is 13.0 Å². The molecule has 0 saturated heterocycles. The summed E-state index contributed by atoms with van der Waals surface area (Å²) in [7, 11) is 0. The predicted octanol–water partition coefficient (Wildman–Crippen LogP) is 6.14. The summed E-state index contributed by atoms with van der Waals surface area (Å²) in [4.78, 5) is -0.298. The van der Waals surface area contributed by atoms with Crippen LogP contribution in [0.5, 0.6) is 0 Å². The molecule has 4 heteroatoms. The Bertz CT molecular complexity index is 609. The van der Waals surface area contributed by atoms with E-state index in [-0.39, 0.29) is 4.83 Å². The van der Waals surface area contributed by atoms with E-state index in [2.05, 4.69) is 31.9 Å². The van der Waals surface area contributed by atoms with Gasteiger partial charge in [0.1, 0.15) is 11.6 Å². The van der Waals surface area contributed by atoms with Gasteiger partial charge in [-0.3, -0.25) is 0 Å². The van der Waals surface area contributed by atoms with Gasteiger partial charge in [0.25, 0.3) is 0 Å². The molecule has 1 atom stereocenters. The number of alkyl halides is 1. The first kappa shape index (κ1) is 15.6. The highest BCUT2D eigenvalue weighted by molar-refractivity contribution is 9.10. The topological polar surface area (TPSA) is 0 Å². The Kier molecular flexibility index (Phi) is 4.65. The molecular formula is C16H14Br2F2. The van der Waals surface area contributed by atoms with Crippen LogP contribution in [0.1, 0.15) is 32.6 Å². The van der Waals surface area contributed by atoms with E-state index < -0.39 is 11.6 Å². The molecular weight excluding hydrogens is 390 g/mol. The zero-order chi connectivity index (χ0) is 15.0. The zero-order valence-electron chi connectivity index (χ0n) is 11.4. The monoisotopic (exact) mass is 402 g/mol. The summed E-state index contributed by atoms with van der Waals surface area (Å²) < 4.78 is 28.4. The Labute approximate surface area is 134 Å². The summed E-state index contributed by atoms with van der Waals surface area (Å²) >= 11 is 7.02. The van der Waals surface area contributed by atoms with Gasteiger partial charge in [-0.15, -0.1) is 0 Å². The lowest BCUT2D eigenvalue weighted by molar-refractivity contribution is 0.569. The summed E-state index contributed by atoms with van der Waals surface area (Å²) in [6.07, 6.45) is 0. The highest BCUT2D eigenvalue weighted by atomic mass is 79.9. The Balaban J connectivity index is 2.54. The average molecular weight is 404 g/mol. The molecule has 2 aromatic rings. The van der Waals surface area contributed by atoms with Crippen molar-refractivity contribution >= 4 is 31.9 Å². The predicted molar refractivity (Wildman–Crippen MR) is 85.5 cm³/mol. The first-order valence-corrected chi connectivity index (χ1v) is 7.88. The fraction of sp³-hybridized carbons (Fsp3) is 0.250. The molecule has 2 aromatic carbocycles. The van der Waals surface area contributed by atoms with Crippen LogP contribution < -0.4 is 0 Å². The van der Waals surface area contributed by atoms with Crippen LogP contribution in [-0.4, -0.2) is 0 Å². The van der Waals surface area contributed by atoms with Crippen molar-refractivity contribution in [2.45, 2.75) is 25.6 Å². The third-order valence-corrected chi connectivity index (χ3v) is 5.21. The molecule has 0 saturated carbocycles. The second-order valence-electron chi connectivity index (χ2n) is 4.94. The van der Waals surface area contributed by atoms with Crippen molar-refractivity contribution in [1.82, 2.24) is 0 Å². The molecule has 2 rings (SSSR count). The van der Waals surface area contributed by atoms with Gasteiger partial charge in [0.15, 0.2) is 0 Å². The highest BCUT2D eigenvalue weighted by Crippen LogP contribution is 2.37. The lowest BCUT2D eigenvalue weighted by Gasteiger charge is -2.17. The number of rotatable bonds is 2. The van der Waals surface area contributed by atoms with Crippen molar-refractivity contribution in [3.63, 3.8) is 0 Å². The van der Waals surface area contributed by atoms with Gasteiger partial charge < -0.3 is 0 Å². The van der Waals surface area contributed by atoms with Crippen molar-refractivity contribution in [1.29, 1.82) is 0 Å². The Morgan fingerprint density at radius 2 is 1.40 bits per heavy atom. The number of halogens is 4. The van der Waals surface area contributed by atoms with Crippen LogP contribution in [0.4, 0.5) is 8.78 Å². The van der Waals surface area contributed by atoms with Gasteiger partial charge in [-0.1, -0.05) is 37.9 Å². The van der Waals surface area contributed by atoms with Crippen LogP contribution in [0, 0.1) is 32.4 Å². The van der Waals surface area contributed by atoms with Crippen LogP contribution in [-0.2, 0) is 0 Å². The number of benzene rings is 2. The van der Waals surface area contributed by atoms with Crippen LogP contribution in [0.2, 0.25) is 0 Å². The average Bonchev–Trinajstić information content (AvgIpc) is 2.37. The second kappa shape index (κ2) is 5.94. The van der Waals surface area contributed by atoms with Crippen LogP contribution in [0.15, 0.2) is 28.7 Å². The van der Waals surface area contributed by atoms with Gasteiger partial charge in [0.2, 0.25) is 0 Å². The largest absolute Gasteiger partial charge is 0.207 e. The van der Waals surface area contributed by atoms with E-state index >= 15 is 0 Å². The van der Waals surface area contributed by atoms with Crippen molar-refractivity contribution in [2.75, 3.05) is 0 Å². The fourth-order valence-electron chi connectivity index (χ4n) is 2.12. The highest BCUT2D eigenvalue weighted by Gasteiger charge is 2.19. The van der Waals surface area contributed by atoms with Gasteiger partial charge >= 0.3 is 0 Å². The van der Waals surface area contributed by atoms with E-state index in [1.165, 1.54) is 0 Å². The number of aryl methyl sites for hydroxylation is 3. The molecule has 0 nitrogen and oxygen atoms in total. The normalized spacial score (nSPS) is 12.6. The standard InChI is InChI=1S/C16H14Br2F2/c1-8-6-13(17)9(2)4-11(8)16(18)12-5-10(3)14(19)7-15(12)20/h4-7,16H,1-3H3. The first-order chi connectivity index (χ1) is 9.31. The molecule has 0 bridgehead atoms. The van der Waals surface area contributed by atoms with E-state index in [0.29, 0.717) is 11.1 Å². The minimum atomic E-state index is -0.532. The van der Waals surface area contributed by atoms with Gasteiger partial charge in [-0.25, -0.2) is 8.78 Å². The number of hydrogen-bond acceptors (Lipinski definition) is 0. The van der Waals surface area contributed by atoms with Crippen molar-refractivity contribution in [3.8, 4) is 0 Å². The van der Waals surface area contributed by atoms with Crippen LogP contribution >= 0.6 is 31.9 Å². The lowest BCUT2D eigenvalue weighted by Crippen LogP contribution is -2.02. The summed E-state index contributed by atoms with van der Waals surface area (Å²) in [5.41, 5.74) is 4.00. The molecule has 20 heavy (non-hydrogen) atoms. The molecule has 0 amide bonds. The third-order valence-electron chi connectivity index (χ3n) is 3.37. The molecule has 0 radical (unpaired) electrons. The van der Waals surface area contributed by atoms with E-state index in [1.807, 2.05) is 26.0 Å². The Hall–Kier alpha value is -0.740. The summed E-state index contributed by atoms with van der Waals surface area (Å²) in [6, 6.07) is 6.52. The minimum Gasteiger partial charge on any atom is -0.207 e.